The summed E-state index contributed by atoms with van der Waals surface area (Å²) in [6, 6.07) is 48.4. The number of aromatic nitrogens is 3. The largest absolute Gasteiger partial charge is 0.500 e. The summed E-state index contributed by atoms with van der Waals surface area (Å²) in [5.41, 5.74) is 13.8. The van der Waals surface area contributed by atoms with Gasteiger partial charge in [-0.15, -0.1) is 53.1 Å². The van der Waals surface area contributed by atoms with Gasteiger partial charge in [0.2, 0.25) is 0 Å². The van der Waals surface area contributed by atoms with Crippen molar-refractivity contribution in [1.82, 2.24) is 15.0 Å². The van der Waals surface area contributed by atoms with Gasteiger partial charge < -0.3 is 14.4 Å². The molecule has 0 amide bonds. The zero-order valence-corrected chi connectivity index (χ0v) is 34.0. The molecule has 0 atom stereocenters. The number of pyridine rings is 3. The van der Waals surface area contributed by atoms with E-state index in [1.165, 1.54) is 11.1 Å². The molecule has 4 aromatic heterocycles. The van der Waals surface area contributed by atoms with E-state index in [-0.39, 0.29) is 20.1 Å². The molecule has 0 aliphatic carbocycles. The number of furan rings is 1. The number of para-hydroxylation sites is 1. The second kappa shape index (κ2) is 15.9. The average molecular weight is 892 g/mol. The second-order valence-corrected chi connectivity index (χ2v) is 15.1. The molecular formula is C50H41IrN3O-2. The molecule has 0 aliphatic rings. The van der Waals surface area contributed by atoms with E-state index in [2.05, 4.69) is 148 Å². The summed E-state index contributed by atoms with van der Waals surface area (Å²) in [5, 5.41) is 4.46. The fourth-order valence-corrected chi connectivity index (χ4v) is 7.10. The Morgan fingerprint density at radius 3 is 2.22 bits per heavy atom. The van der Waals surface area contributed by atoms with E-state index in [4.69, 9.17) is 9.40 Å². The number of nitrogens with zero attached hydrogens (tertiary/aromatic N) is 3. The predicted molar refractivity (Wildman–Crippen MR) is 223 cm³/mol. The van der Waals surface area contributed by atoms with Crippen LogP contribution in [0.25, 0.3) is 77.5 Å². The first-order chi connectivity index (χ1) is 26.2. The predicted octanol–water partition coefficient (Wildman–Crippen LogP) is 13.1. The molecule has 5 heteroatoms. The minimum absolute atomic E-state index is 0. The normalized spacial score (nSPS) is 11.3. The van der Waals surface area contributed by atoms with Crippen molar-refractivity contribution in [2.75, 3.05) is 0 Å². The first-order valence-corrected chi connectivity index (χ1v) is 18.4. The average Bonchev–Trinajstić information content (AvgIpc) is 3.60. The van der Waals surface area contributed by atoms with Crippen LogP contribution in [0.4, 0.5) is 0 Å². The van der Waals surface area contributed by atoms with E-state index in [1.54, 1.807) is 0 Å². The molecule has 0 N–H and O–H groups in total. The second-order valence-electron chi connectivity index (χ2n) is 15.1. The first kappa shape index (κ1) is 37.6. The van der Waals surface area contributed by atoms with Crippen molar-refractivity contribution in [3.05, 3.63) is 175 Å². The zero-order chi connectivity index (χ0) is 37.2. The van der Waals surface area contributed by atoms with Gasteiger partial charge in [-0.05, 0) is 63.0 Å². The monoisotopic (exact) mass is 892 g/mol. The first-order valence-electron chi connectivity index (χ1n) is 18.4. The van der Waals surface area contributed by atoms with Crippen molar-refractivity contribution in [3.63, 3.8) is 0 Å². The van der Waals surface area contributed by atoms with E-state index in [0.29, 0.717) is 5.41 Å². The van der Waals surface area contributed by atoms with Crippen LogP contribution in [0.3, 0.4) is 0 Å². The van der Waals surface area contributed by atoms with Gasteiger partial charge in [-0.1, -0.05) is 130 Å². The van der Waals surface area contributed by atoms with Crippen molar-refractivity contribution in [3.8, 4) is 44.8 Å². The molecule has 1 radical (unpaired) electrons. The van der Waals surface area contributed by atoms with Crippen LogP contribution in [0.2, 0.25) is 0 Å². The Morgan fingerprint density at radius 2 is 1.45 bits per heavy atom. The quantitative estimate of drug-likeness (QED) is 0.162. The van der Waals surface area contributed by atoms with Crippen molar-refractivity contribution in [2.45, 2.75) is 41.0 Å². The van der Waals surface area contributed by atoms with Crippen LogP contribution in [0.1, 0.15) is 37.5 Å². The SMILES string of the molecule is Cc1c[c-]c(-c2cc(-c3ccccc3)ccn2)c2oc3c(-c4cccc5ccncc45)cccc3c12.Cc1c[c-]c(-c2ccc(CC(C)(C)C)cn2)cc1.[Ir]. The van der Waals surface area contributed by atoms with E-state index in [9.17, 15) is 0 Å². The van der Waals surface area contributed by atoms with Gasteiger partial charge in [-0.3, -0.25) is 4.98 Å². The van der Waals surface area contributed by atoms with E-state index >= 15 is 0 Å². The maximum absolute atomic E-state index is 6.71. The summed E-state index contributed by atoms with van der Waals surface area (Å²) < 4.78 is 6.71. The van der Waals surface area contributed by atoms with Crippen LogP contribution >= 0.6 is 0 Å². The van der Waals surface area contributed by atoms with E-state index in [1.807, 2.05) is 55.1 Å². The van der Waals surface area contributed by atoms with Crippen LogP contribution in [0.5, 0.6) is 0 Å². The Kier molecular flexibility index (Phi) is 10.9. The van der Waals surface area contributed by atoms with Crippen LogP contribution < -0.4 is 0 Å². The maximum Gasteiger partial charge on any atom is 0.128 e. The fourth-order valence-electron chi connectivity index (χ4n) is 7.10. The fraction of sp³-hybridized carbons (Fsp3) is 0.140. The van der Waals surface area contributed by atoms with Crippen LogP contribution in [-0.2, 0) is 26.5 Å². The number of rotatable bonds is 5. The third-order valence-electron chi connectivity index (χ3n) is 9.67. The van der Waals surface area contributed by atoms with E-state index < -0.39 is 0 Å². The molecule has 0 saturated heterocycles. The van der Waals surface area contributed by atoms with Crippen LogP contribution in [-0.4, -0.2) is 15.0 Å². The van der Waals surface area contributed by atoms with Crippen LogP contribution in [0, 0.1) is 31.4 Å². The van der Waals surface area contributed by atoms with Gasteiger partial charge in [0.25, 0.3) is 0 Å². The van der Waals surface area contributed by atoms with Gasteiger partial charge in [0.05, 0.1) is 5.58 Å². The minimum Gasteiger partial charge on any atom is -0.500 e. The minimum atomic E-state index is 0. The molecule has 9 aromatic rings. The third-order valence-corrected chi connectivity index (χ3v) is 9.67. The molecule has 0 unspecified atom stereocenters. The van der Waals surface area contributed by atoms with Gasteiger partial charge >= 0.3 is 0 Å². The smallest absolute Gasteiger partial charge is 0.128 e. The Morgan fingerprint density at radius 1 is 0.636 bits per heavy atom. The molecule has 273 valence electrons. The van der Waals surface area contributed by atoms with Crippen molar-refractivity contribution in [2.24, 2.45) is 5.41 Å². The molecule has 55 heavy (non-hydrogen) atoms. The Hall–Kier alpha value is -5.74. The third kappa shape index (κ3) is 8.05. The molecule has 9 rings (SSSR count). The maximum atomic E-state index is 6.71. The van der Waals surface area contributed by atoms with Gasteiger partial charge in [0.1, 0.15) is 5.58 Å². The Balaban J connectivity index is 0.000000208. The molecular weight excluding hydrogens is 851 g/mol. The van der Waals surface area contributed by atoms with Gasteiger partial charge in [-0.25, -0.2) is 0 Å². The number of benzene rings is 5. The number of aryl methyl sites for hydroxylation is 2. The summed E-state index contributed by atoms with van der Waals surface area (Å²) in [5.74, 6) is 0. The molecule has 0 fully saturated rings. The Labute approximate surface area is 336 Å². The van der Waals surface area contributed by atoms with Crippen molar-refractivity contribution >= 4 is 32.7 Å². The van der Waals surface area contributed by atoms with Gasteiger partial charge in [0.15, 0.2) is 0 Å². The number of hydrogen-bond donors (Lipinski definition) is 0. The summed E-state index contributed by atoms with van der Waals surface area (Å²) in [7, 11) is 0. The van der Waals surface area contributed by atoms with Crippen molar-refractivity contribution in [1.29, 1.82) is 0 Å². The van der Waals surface area contributed by atoms with Gasteiger partial charge in [-0.2, -0.15) is 0 Å². The molecule has 0 bridgehead atoms. The molecule has 4 nitrogen and oxygen atoms in total. The van der Waals surface area contributed by atoms with E-state index in [0.717, 1.165) is 89.5 Å². The molecule has 0 saturated carbocycles. The standard InChI is InChI=1S/C33H21N2O.C17H20N.Ir/c1-21-13-14-27(30-19-24(16-18-35-30)22-7-3-2-4-8-22)33-31(21)28-12-6-11-26(32(28)36-33)25-10-5-9-23-15-17-34-20-29(23)25;1-13-5-8-15(9-6-13)16-10-7-14(12-18-16)11-17(2,3)4;/h2-13,15-20H,1H3;5-8,10,12H,11H2,1-4H3;/q2*-1;. The summed E-state index contributed by atoms with van der Waals surface area (Å²) >= 11 is 0. The number of hydrogen-bond acceptors (Lipinski definition) is 4. The zero-order valence-electron chi connectivity index (χ0n) is 31.6. The molecule has 5 aromatic carbocycles. The molecule has 4 heterocycles. The summed E-state index contributed by atoms with van der Waals surface area (Å²) in [4.78, 5) is 13.6. The summed E-state index contributed by atoms with van der Waals surface area (Å²) in [6.45, 7) is 10.9. The number of fused-ring (bicyclic) bond motifs is 4. The van der Waals surface area contributed by atoms with Gasteiger partial charge in [0, 0.05) is 61.2 Å². The topological polar surface area (TPSA) is 51.8 Å². The van der Waals surface area contributed by atoms with Crippen LogP contribution in [0.15, 0.2) is 151 Å². The molecule has 0 spiro atoms. The Bertz CT molecular complexity index is 2720. The molecule has 0 aliphatic heterocycles. The van der Waals surface area contributed by atoms with Crippen molar-refractivity contribution < 1.29 is 24.5 Å². The summed E-state index contributed by atoms with van der Waals surface area (Å²) in [6.07, 6.45) is 8.64.